The first-order valence-corrected chi connectivity index (χ1v) is 7.36. The normalized spacial score (nSPS) is 12.4. The Morgan fingerprint density at radius 1 is 0.952 bits per heavy atom. The molecule has 2 rings (SSSR count). The van der Waals surface area contributed by atoms with Crippen LogP contribution in [-0.2, 0) is 16.0 Å². The maximum absolute atomic E-state index is 13.5. The predicted octanol–water partition coefficient (Wildman–Crippen LogP) is 4.33. The van der Waals surface area contributed by atoms with Crippen molar-refractivity contribution in [3.8, 4) is 0 Å². The van der Waals surface area contributed by atoms with Crippen LogP contribution in [0.3, 0.4) is 0 Å². The molecule has 0 atom stereocenters. The first kappa shape index (κ1) is 15.8. The van der Waals surface area contributed by atoms with Gasteiger partial charge in [-0.3, -0.25) is 0 Å². The lowest BCUT2D eigenvalue weighted by Gasteiger charge is -2.14. The van der Waals surface area contributed by atoms with E-state index in [1.807, 2.05) is 0 Å². The lowest BCUT2D eigenvalue weighted by Crippen LogP contribution is -2.15. The summed E-state index contributed by atoms with van der Waals surface area (Å²) in [7, 11) is -4.51. The van der Waals surface area contributed by atoms with Crippen LogP contribution in [0.1, 0.15) is 5.56 Å². The quantitative estimate of drug-likeness (QED) is 0.764. The Balaban J connectivity index is 2.72. The fourth-order valence-electron chi connectivity index (χ4n) is 1.74. The van der Waals surface area contributed by atoms with E-state index in [4.69, 9.17) is 11.6 Å². The minimum atomic E-state index is -5.12. The van der Waals surface area contributed by atoms with Gasteiger partial charge in [0.05, 0.1) is 9.79 Å². The summed E-state index contributed by atoms with van der Waals surface area (Å²) in [6, 6.07) is 6.75. The molecule has 0 N–H and O–H groups in total. The highest BCUT2D eigenvalue weighted by atomic mass is 35.5. The standard InChI is InChI=1S/C13H7ClF4O2S/c14-8-4-6-9(7-5-8)21(19,20)11-3-1-2-10(15)12(11)13(16,17)18/h1-7H. The van der Waals surface area contributed by atoms with Crippen LogP contribution in [-0.4, -0.2) is 8.42 Å². The summed E-state index contributed by atoms with van der Waals surface area (Å²) < 4.78 is 76.6. The maximum Gasteiger partial charge on any atom is 0.420 e. The molecule has 2 aromatic rings. The third-order valence-corrected chi connectivity index (χ3v) is 4.74. The van der Waals surface area contributed by atoms with Crippen LogP contribution in [0.5, 0.6) is 0 Å². The van der Waals surface area contributed by atoms with Gasteiger partial charge < -0.3 is 0 Å². The molecule has 0 bridgehead atoms. The average Bonchev–Trinajstić information content (AvgIpc) is 2.37. The Morgan fingerprint density at radius 2 is 1.52 bits per heavy atom. The summed E-state index contributed by atoms with van der Waals surface area (Å²) in [5.74, 6) is -1.64. The second kappa shape index (κ2) is 5.31. The van der Waals surface area contributed by atoms with Gasteiger partial charge in [-0.05, 0) is 36.4 Å². The fraction of sp³-hybridized carbons (Fsp3) is 0.0769. The molecule has 0 aliphatic rings. The molecule has 0 amide bonds. The van der Waals surface area contributed by atoms with Gasteiger partial charge in [-0.25, -0.2) is 12.8 Å². The summed E-state index contributed by atoms with van der Waals surface area (Å²) in [5, 5.41) is 0.226. The van der Waals surface area contributed by atoms with Crippen molar-refractivity contribution in [3.05, 3.63) is 58.9 Å². The second-order valence-electron chi connectivity index (χ2n) is 4.07. The molecule has 0 fully saturated rings. The van der Waals surface area contributed by atoms with E-state index in [2.05, 4.69) is 0 Å². The van der Waals surface area contributed by atoms with Gasteiger partial charge in [0.25, 0.3) is 0 Å². The Labute approximate surface area is 122 Å². The summed E-state index contributed by atoms with van der Waals surface area (Å²) in [6.45, 7) is 0. The fourth-order valence-corrected chi connectivity index (χ4v) is 3.36. The number of hydrogen-bond acceptors (Lipinski definition) is 2. The van der Waals surface area contributed by atoms with Crippen molar-refractivity contribution in [1.29, 1.82) is 0 Å². The van der Waals surface area contributed by atoms with Crippen molar-refractivity contribution in [3.63, 3.8) is 0 Å². The van der Waals surface area contributed by atoms with Crippen LogP contribution in [0, 0.1) is 5.82 Å². The van der Waals surface area contributed by atoms with Gasteiger partial charge >= 0.3 is 6.18 Å². The molecule has 2 nitrogen and oxygen atoms in total. The molecule has 0 saturated carbocycles. The lowest BCUT2D eigenvalue weighted by atomic mass is 10.2. The minimum Gasteiger partial charge on any atom is -0.218 e. The first-order chi connectivity index (χ1) is 9.64. The topological polar surface area (TPSA) is 34.1 Å². The molecule has 112 valence electrons. The average molecular weight is 339 g/mol. The molecule has 0 heterocycles. The highest BCUT2D eigenvalue weighted by molar-refractivity contribution is 7.91. The number of alkyl halides is 3. The lowest BCUT2D eigenvalue weighted by molar-refractivity contribution is -0.142. The van der Waals surface area contributed by atoms with Crippen LogP contribution in [0.15, 0.2) is 52.3 Å². The van der Waals surface area contributed by atoms with E-state index in [1.165, 1.54) is 12.1 Å². The highest BCUT2D eigenvalue weighted by Crippen LogP contribution is 2.38. The predicted molar refractivity (Wildman–Crippen MR) is 68.3 cm³/mol. The highest BCUT2D eigenvalue weighted by Gasteiger charge is 2.40. The Bertz CT molecular complexity index is 768. The first-order valence-electron chi connectivity index (χ1n) is 5.50. The van der Waals surface area contributed by atoms with Crippen LogP contribution < -0.4 is 0 Å². The van der Waals surface area contributed by atoms with Gasteiger partial charge in [-0.2, -0.15) is 13.2 Å². The molecule has 21 heavy (non-hydrogen) atoms. The monoisotopic (exact) mass is 338 g/mol. The molecule has 0 radical (unpaired) electrons. The minimum absolute atomic E-state index is 0.226. The van der Waals surface area contributed by atoms with E-state index in [0.29, 0.717) is 6.07 Å². The number of benzene rings is 2. The van der Waals surface area contributed by atoms with Gasteiger partial charge in [0, 0.05) is 5.02 Å². The molecule has 0 aromatic heterocycles. The zero-order chi connectivity index (χ0) is 15.8. The summed E-state index contributed by atoms with van der Waals surface area (Å²) in [4.78, 5) is -1.53. The van der Waals surface area contributed by atoms with E-state index in [-0.39, 0.29) is 5.02 Å². The number of halogens is 5. The molecule has 2 aromatic carbocycles. The second-order valence-corrected chi connectivity index (χ2v) is 6.42. The van der Waals surface area contributed by atoms with Crippen molar-refractivity contribution in [1.82, 2.24) is 0 Å². The molecule has 0 aliphatic heterocycles. The molecule has 0 spiro atoms. The molecule has 0 unspecified atom stereocenters. The molecule has 0 saturated heterocycles. The van der Waals surface area contributed by atoms with Crippen LogP contribution in [0.25, 0.3) is 0 Å². The number of hydrogen-bond donors (Lipinski definition) is 0. The van der Waals surface area contributed by atoms with Gasteiger partial charge in [0.1, 0.15) is 11.4 Å². The van der Waals surface area contributed by atoms with Crippen molar-refractivity contribution in [2.45, 2.75) is 16.0 Å². The van der Waals surface area contributed by atoms with E-state index >= 15 is 0 Å². The van der Waals surface area contributed by atoms with Gasteiger partial charge in [0.15, 0.2) is 0 Å². The maximum atomic E-state index is 13.5. The van der Waals surface area contributed by atoms with Crippen LogP contribution in [0.4, 0.5) is 17.6 Å². The summed E-state index contributed by atoms with van der Waals surface area (Å²) >= 11 is 5.60. The van der Waals surface area contributed by atoms with Crippen molar-refractivity contribution < 1.29 is 26.0 Å². The van der Waals surface area contributed by atoms with Gasteiger partial charge in [-0.1, -0.05) is 17.7 Å². The van der Waals surface area contributed by atoms with E-state index in [0.717, 1.165) is 24.3 Å². The summed E-state index contributed by atoms with van der Waals surface area (Å²) in [5.41, 5.74) is -1.81. The zero-order valence-electron chi connectivity index (χ0n) is 10.2. The largest absolute Gasteiger partial charge is 0.420 e. The van der Waals surface area contributed by atoms with E-state index in [1.54, 1.807) is 0 Å². The zero-order valence-corrected chi connectivity index (χ0v) is 11.7. The Hall–Kier alpha value is -1.60. The number of rotatable bonds is 2. The van der Waals surface area contributed by atoms with Gasteiger partial charge in [-0.15, -0.1) is 0 Å². The SMILES string of the molecule is O=S(=O)(c1ccc(Cl)cc1)c1cccc(F)c1C(F)(F)F. The third-order valence-electron chi connectivity index (χ3n) is 2.67. The van der Waals surface area contributed by atoms with E-state index in [9.17, 15) is 26.0 Å². The Morgan fingerprint density at radius 3 is 2.05 bits per heavy atom. The van der Waals surface area contributed by atoms with Crippen molar-refractivity contribution >= 4 is 21.4 Å². The van der Waals surface area contributed by atoms with Crippen LogP contribution >= 0.6 is 11.6 Å². The molecule has 0 aliphatic carbocycles. The van der Waals surface area contributed by atoms with Crippen LogP contribution in [0.2, 0.25) is 5.02 Å². The smallest absolute Gasteiger partial charge is 0.218 e. The Kier molecular flexibility index (Phi) is 3.99. The molecular weight excluding hydrogens is 332 g/mol. The summed E-state index contributed by atoms with van der Waals surface area (Å²) in [6.07, 6.45) is -5.12. The van der Waals surface area contributed by atoms with Gasteiger partial charge in [0.2, 0.25) is 9.84 Å². The van der Waals surface area contributed by atoms with Crippen molar-refractivity contribution in [2.75, 3.05) is 0 Å². The van der Waals surface area contributed by atoms with E-state index < -0.39 is 37.2 Å². The van der Waals surface area contributed by atoms with Crippen molar-refractivity contribution in [2.24, 2.45) is 0 Å². The molecule has 8 heteroatoms. The molecular formula is C13H7ClF4O2S. The third kappa shape index (κ3) is 3.03. The number of sulfone groups is 1.